The number of benzene rings is 2. The van der Waals surface area contributed by atoms with Gasteiger partial charge in [0.05, 0.1) is 0 Å². The Bertz CT molecular complexity index is 601. The standard InChI is InChI=1S/C17H19F2NS/c1-12-4-3-5-16(8-12)21-11-15(20-2)10-13-9-14(18)6-7-17(13)19/h3-9,15,20H,10-11H2,1-2H3. The predicted molar refractivity (Wildman–Crippen MR) is 84.8 cm³/mol. The lowest BCUT2D eigenvalue weighted by Gasteiger charge is -2.16. The molecule has 1 nitrogen and oxygen atoms in total. The summed E-state index contributed by atoms with van der Waals surface area (Å²) in [6, 6.07) is 12.0. The van der Waals surface area contributed by atoms with Gasteiger partial charge in [0.2, 0.25) is 0 Å². The lowest BCUT2D eigenvalue weighted by molar-refractivity contribution is 0.555. The maximum absolute atomic E-state index is 13.7. The topological polar surface area (TPSA) is 12.0 Å². The molecular weight excluding hydrogens is 288 g/mol. The Labute approximate surface area is 128 Å². The lowest BCUT2D eigenvalue weighted by atomic mass is 10.1. The first-order valence-corrected chi connectivity index (χ1v) is 7.87. The summed E-state index contributed by atoms with van der Waals surface area (Å²) >= 11 is 1.72. The van der Waals surface area contributed by atoms with Crippen LogP contribution in [0.3, 0.4) is 0 Å². The number of likely N-dealkylation sites (N-methyl/N-ethyl adjacent to an activating group) is 1. The fraction of sp³-hybridized carbons (Fsp3) is 0.294. The minimum Gasteiger partial charge on any atom is -0.316 e. The fourth-order valence-electron chi connectivity index (χ4n) is 2.11. The monoisotopic (exact) mass is 307 g/mol. The molecule has 1 N–H and O–H groups in total. The molecule has 0 saturated carbocycles. The number of aryl methyl sites for hydroxylation is 1. The van der Waals surface area contributed by atoms with Gasteiger partial charge in [0.15, 0.2) is 0 Å². The summed E-state index contributed by atoms with van der Waals surface area (Å²) < 4.78 is 26.9. The summed E-state index contributed by atoms with van der Waals surface area (Å²) in [5.74, 6) is 0.0559. The van der Waals surface area contributed by atoms with E-state index in [1.807, 2.05) is 13.1 Å². The maximum Gasteiger partial charge on any atom is 0.126 e. The molecule has 2 aromatic rings. The van der Waals surface area contributed by atoms with Crippen molar-refractivity contribution >= 4 is 11.8 Å². The molecule has 1 atom stereocenters. The highest BCUT2D eigenvalue weighted by Crippen LogP contribution is 2.21. The molecule has 1 unspecified atom stereocenters. The minimum absolute atomic E-state index is 0.0896. The summed E-state index contributed by atoms with van der Waals surface area (Å²) in [5, 5.41) is 3.17. The van der Waals surface area contributed by atoms with Crippen molar-refractivity contribution in [3.63, 3.8) is 0 Å². The van der Waals surface area contributed by atoms with Crippen molar-refractivity contribution in [1.29, 1.82) is 0 Å². The molecule has 0 amide bonds. The maximum atomic E-state index is 13.7. The van der Waals surface area contributed by atoms with E-state index in [-0.39, 0.29) is 11.9 Å². The molecule has 0 spiro atoms. The first-order valence-electron chi connectivity index (χ1n) is 6.89. The Balaban J connectivity index is 1.98. The van der Waals surface area contributed by atoms with E-state index >= 15 is 0 Å². The molecule has 0 aromatic heterocycles. The number of hydrogen-bond donors (Lipinski definition) is 1. The van der Waals surface area contributed by atoms with Crippen LogP contribution in [0.1, 0.15) is 11.1 Å². The normalized spacial score (nSPS) is 12.4. The average molecular weight is 307 g/mol. The van der Waals surface area contributed by atoms with E-state index in [0.29, 0.717) is 12.0 Å². The van der Waals surface area contributed by atoms with Crippen molar-refractivity contribution in [3.8, 4) is 0 Å². The number of rotatable bonds is 6. The first kappa shape index (κ1) is 16.0. The number of thioether (sulfide) groups is 1. The molecule has 112 valence electrons. The van der Waals surface area contributed by atoms with E-state index in [9.17, 15) is 8.78 Å². The summed E-state index contributed by atoms with van der Waals surface area (Å²) in [5.41, 5.74) is 1.64. The molecule has 0 fully saturated rings. The van der Waals surface area contributed by atoms with Gasteiger partial charge in [-0.25, -0.2) is 8.78 Å². The molecule has 0 aliphatic carbocycles. The van der Waals surface area contributed by atoms with Crippen molar-refractivity contribution in [2.45, 2.75) is 24.3 Å². The molecule has 2 aromatic carbocycles. The van der Waals surface area contributed by atoms with Gasteiger partial charge in [-0.3, -0.25) is 0 Å². The molecule has 0 aliphatic heterocycles. The molecule has 4 heteroatoms. The van der Waals surface area contributed by atoms with Crippen LogP contribution in [0, 0.1) is 18.6 Å². The van der Waals surface area contributed by atoms with Crippen LogP contribution in [0.2, 0.25) is 0 Å². The predicted octanol–water partition coefficient (Wildman–Crippen LogP) is 4.20. The SMILES string of the molecule is CNC(CSc1cccc(C)c1)Cc1cc(F)ccc1F. The van der Waals surface area contributed by atoms with Crippen molar-refractivity contribution in [3.05, 3.63) is 65.2 Å². The van der Waals surface area contributed by atoms with Crippen LogP contribution in [0.15, 0.2) is 47.4 Å². The Kier molecular flexibility index (Phi) is 5.76. The average Bonchev–Trinajstić information content (AvgIpc) is 2.47. The van der Waals surface area contributed by atoms with Gasteiger partial charge in [-0.2, -0.15) is 0 Å². The minimum atomic E-state index is -0.396. The first-order chi connectivity index (χ1) is 10.1. The van der Waals surface area contributed by atoms with Gasteiger partial charge in [-0.15, -0.1) is 11.8 Å². The Hall–Kier alpha value is -1.39. The zero-order chi connectivity index (χ0) is 15.2. The van der Waals surface area contributed by atoms with Crippen LogP contribution in [0.4, 0.5) is 8.78 Å². The van der Waals surface area contributed by atoms with Crippen LogP contribution in [0.5, 0.6) is 0 Å². The van der Waals surface area contributed by atoms with Gasteiger partial charge in [0.1, 0.15) is 11.6 Å². The smallest absolute Gasteiger partial charge is 0.126 e. The molecular formula is C17H19F2NS. The summed E-state index contributed by atoms with van der Waals surface area (Å²) in [4.78, 5) is 1.19. The van der Waals surface area contributed by atoms with Crippen LogP contribution < -0.4 is 5.32 Å². The molecule has 0 heterocycles. The summed E-state index contributed by atoms with van der Waals surface area (Å²) in [7, 11) is 1.85. The zero-order valence-corrected chi connectivity index (χ0v) is 13.0. The largest absolute Gasteiger partial charge is 0.316 e. The van der Waals surface area contributed by atoms with E-state index < -0.39 is 5.82 Å². The third-order valence-corrected chi connectivity index (χ3v) is 4.48. The van der Waals surface area contributed by atoms with Crippen LogP contribution in [0.25, 0.3) is 0 Å². The third-order valence-electron chi connectivity index (χ3n) is 3.32. The van der Waals surface area contributed by atoms with Gasteiger partial charge >= 0.3 is 0 Å². The van der Waals surface area contributed by atoms with E-state index in [1.54, 1.807) is 11.8 Å². The Morgan fingerprint density at radius 3 is 2.67 bits per heavy atom. The van der Waals surface area contributed by atoms with Gasteiger partial charge in [0, 0.05) is 16.7 Å². The van der Waals surface area contributed by atoms with E-state index in [4.69, 9.17) is 0 Å². The highest BCUT2D eigenvalue weighted by atomic mass is 32.2. The van der Waals surface area contributed by atoms with E-state index in [2.05, 4.69) is 30.4 Å². The van der Waals surface area contributed by atoms with Crippen molar-refractivity contribution in [2.75, 3.05) is 12.8 Å². The molecule has 0 bridgehead atoms. The van der Waals surface area contributed by atoms with Crippen molar-refractivity contribution < 1.29 is 8.78 Å². The Morgan fingerprint density at radius 2 is 1.95 bits per heavy atom. The van der Waals surface area contributed by atoms with Crippen LogP contribution in [-0.2, 0) is 6.42 Å². The Morgan fingerprint density at radius 1 is 1.14 bits per heavy atom. The lowest BCUT2D eigenvalue weighted by Crippen LogP contribution is -2.30. The zero-order valence-electron chi connectivity index (χ0n) is 12.2. The number of halogens is 2. The van der Waals surface area contributed by atoms with Crippen molar-refractivity contribution in [2.24, 2.45) is 0 Å². The van der Waals surface area contributed by atoms with Crippen LogP contribution in [-0.4, -0.2) is 18.8 Å². The molecule has 2 rings (SSSR count). The number of nitrogens with one attached hydrogen (secondary N) is 1. The van der Waals surface area contributed by atoms with Gasteiger partial charge in [-0.1, -0.05) is 17.7 Å². The number of hydrogen-bond acceptors (Lipinski definition) is 2. The fourth-order valence-corrected chi connectivity index (χ4v) is 3.23. The molecule has 0 aliphatic rings. The van der Waals surface area contributed by atoms with E-state index in [0.717, 1.165) is 11.8 Å². The highest BCUT2D eigenvalue weighted by Gasteiger charge is 2.12. The van der Waals surface area contributed by atoms with Crippen LogP contribution >= 0.6 is 11.8 Å². The summed E-state index contributed by atoms with van der Waals surface area (Å²) in [6.07, 6.45) is 0.471. The second kappa shape index (κ2) is 7.57. The van der Waals surface area contributed by atoms with Gasteiger partial charge < -0.3 is 5.32 Å². The summed E-state index contributed by atoms with van der Waals surface area (Å²) in [6.45, 7) is 2.06. The van der Waals surface area contributed by atoms with E-state index in [1.165, 1.54) is 22.6 Å². The van der Waals surface area contributed by atoms with Gasteiger partial charge in [-0.05, 0) is 56.3 Å². The molecule has 0 saturated heterocycles. The van der Waals surface area contributed by atoms with Gasteiger partial charge in [0.25, 0.3) is 0 Å². The quantitative estimate of drug-likeness (QED) is 0.803. The second-order valence-corrected chi connectivity index (χ2v) is 6.15. The third kappa shape index (κ3) is 4.83. The second-order valence-electron chi connectivity index (χ2n) is 5.05. The molecule has 21 heavy (non-hydrogen) atoms. The highest BCUT2D eigenvalue weighted by molar-refractivity contribution is 7.99. The molecule has 0 radical (unpaired) electrons. The van der Waals surface area contributed by atoms with Crippen molar-refractivity contribution in [1.82, 2.24) is 5.32 Å².